The Hall–Kier alpha value is -2.62. The third kappa shape index (κ3) is 2.79. The van der Waals surface area contributed by atoms with Crippen LogP contribution in [0.25, 0.3) is 0 Å². The minimum atomic E-state index is -0.439. The molecule has 0 fully saturated rings. The number of hydrogen-bond acceptors (Lipinski definition) is 3. The molecule has 2 aromatic carbocycles. The van der Waals surface area contributed by atoms with Gasteiger partial charge in [0.1, 0.15) is 12.4 Å². The normalized spacial score (nSPS) is 13.0. The molecule has 1 aliphatic carbocycles. The van der Waals surface area contributed by atoms with Gasteiger partial charge in [0, 0.05) is 17.5 Å². The van der Waals surface area contributed by atoms with Crippen LogP contribution in [-0.2, 0) is 13.0 Å². The number of nitrogens with two attached hydrogens (primary N) is 1. The Bertz CT molecular complexity index is 704. The number of hydrogen-bond donors (Lipinski definition) is 1. The second-order valence-electron chi connectivity index (χ2n) is 5.09. The highest BCUT2D eigenvalue weighted by molar-refractivity contribution is 6.00. The van der Waals surface area contributed by atoms with E-state index in [-0.39, 0.29) is 5.78 Å². The van der Waals surface area contributed by atoms with Gasteiger partial charge in [-0.25, -0.2) is 0 Å². The predicted molar refractivity (Wildman–Crippen MR) is 78.4 cm³/mol. The zero-order chi connectivity index (χ0) is 14.8. The van der Waals surface area contributed by atoms with E-state index in [1.54, 1.807) is 12.1 Å². The van der Waals surface area contributed by atoms with E-state index in [2.05, 4.69) is 0 Å². The Labute approximate surface area is 122 Å². The maximum Gasteiger partial charge on any atom is 0.248 e. The maximum atomic E-state index is 11.6. The quantitative estimate of drug-likeness (QED) is 0.936. The van der Waals surface area contributed by atoms with Gasteiger partial charge in [0.05, 0.1) is 0 Å². The van der Waals surface area contributed by atoms with Gasteiger partial charge >= 0.3 is 0 Å². The van der Waals surface area contributed by atoms with Crippen LogP contribution in [0.5, 0.6) is 5.75 Å². The maximum absolute atomic E-state index is 11.6. The van der Waals surface area contributed by atoms with Gasteiger partial charge in [0.15, 0.2) is 5.78 Å². The Morgan fingerprint density at radius 1 is 1.10 bits per heavy atom. The van der Waals surface area contributed by atoms with Crippen molar-refractivity contribution >= 4 is 11.7 Å². The standard InChI is InChI=1S/C17H15NO3/c18-17(20)12-3-1-11(2-4-12)10-21-14-6-7-15-13(9-14)5-8-16(15)19/h1-4,6-7,9H,5,8,10H2,(H2,18,20). The molecule has 0 aromatic heterocycles. The van der Waals surface area contributed by atoms with E-state index in [9.17, 15) is 9.59 Å². The van der Waals surface area contributed by atoms with Crippen molar-refractivity contribution < 1.29 is 14.3 Å². The molecule has 1 aliphatic rings. The number of primary amides is 1. The van der Waals surface area contributed by atoms with Crippen LogP contribution in [0, 0.1) is 0 Å². The number of rotatable bonds is 4. The van der Waals surface area contributed by atoms with Crippen LogP contribution in [0.3, 0.4) is 0 Å². The summed E-state index contributed by atoms with van der Waals surface area (Å²) in [6, 6.07) is 12.6. The number of carbonyl (C=O) groups is 2. The first-order valence-corrected chi connectivity index (χ1v) is 6.81. The number of carbonyl (C=O) groups excluding carboxylic acids is 2. The van der Waals surface area contributed by atoms with Crippen LogP contribution in [-0.4, -0.2) is 11.7 Å². The summed E-state index contributed by atoms with van der Waals surface area (Å²) in [5, 5.41) is 0. The van der Waals surface area contributed by atoms with Gasteiger partial charge in [-0.05, 0) is 47.9 Å². The lowest BCUT2D eigenvalue weighted by Crippen LogP contribution is -2.10. The first kappa shape index (κ1) is 13.4. The summed E-state index contributed by atoms with van der Waals surface area (Å²) in [4.78, 5) is 22.6. The molecule has 0 saturated heterocycles. The van der Waals surface area contributed by atoms with Crippen LogP contribution < -0.4 is 10.5 Å². The van der Waals surface area contributed by atoms with E-state index < -0.39 is 5.91 Å². The van der Waals surface area contributed by atoms with Crippen LogP contribution in [0.4, 0.5) is 0 Å². The molecular weight excluding hydrogens is 266 g/mol. The number of ketones is 1. The molecule has 2 aromatic rings. The smallest absolute Gasteiger partial charge is 0.248 e. The molecule has 2 N–H and O–H groups in total. The van der Waals surface area contributed by atoms with Crippen LogP contribution in [0.15, 0.2) is 42.5 Å². The van der Waals surface area contributed by atoms with Gasteiger partial charge in [0.25, 0.3) is 0 Å². The summed E-state index contributed by atoms with van der Waals surface area (Å²) in [5.74, 6) is 0.520. The largest absolute Gasteiger partial charge is 0.489 e. The van der Waals surface area contributed by atoms with Gasteiger partial charge in [-0.3, -0.25) is 9.59 Å². The van der Waals surface area contributed by atoms with Gasteiger partial charge in [-0.2, -0.15) is 0 Å². The lowest BCUT2D eigenvalue weighted by atomic mass is 10.1. The lowest BCUT2D eigenvalue weighted by Gasteiger charge is -2.08. The average molecular weight is 281 g/mol. The average Bonchev–Trinajstić information content (AvgIpc) is 2.86. The summed E-state index contributed by atoms with van der Waals surface area (Å²) >= 11 is 0. The van der Waals surface area contributed by atoms with Crippen molar-refractivity contribution in [2.45, 2.75) is 19.4 Å². The molecule has 4 nitrogen and oxygen atoms in total. The topological polar surface area (TPSA) is 69.4 Å². The fourth-order valence-corrected chi connectivity index (χ4v) is 2.45. The highest BCUT2D eigenvalue weighted by Gasteiger charge is 2.19. The molecule has 0 aliphatic heterocycles. The fourth-order valence-electron chi connectivity index (χ4n) is 2.45. The van der Waals surface area contributed by atoms with Crippen molar-refractivity contribution in [3.05, 3.63) is 64.7 Å². The molecule has 0 saturated carbocycles. The third-order valence-corrected chi connectivity index (χ3v) is 3.64. The highest BCUT2D eigenvalue weighted by atomic mass is 16.5. The van der Waals surface area contributed by atoms with Crippen molar-refractivity contribution in [3.8, 4) is 5.75 Å². The molecule has 0 unspecified atom stereocenters. The van der Waals surface area contributed by atoms with Crippen molar-refractivity contribution in [2.75, 3.05) is 0 Å². The lowest BCUT2D eigenvalue weighted by molar-refractivity contribution is 0.0988. The van der Waals surface area contributed by atoms with Crippen molar-refractivity contribution in [2.24, 2.45) is 5.73 Å². The fraction of sp³-hybridized carbons (Fsp3) is 0.176. The minimum Gasteiger partial charge on any atom is -0.489 e. The van der Waals surface area contributed by atoms with Crippen LogP contribution in [0.1, 0.15) is 38.3 Å². The molecule has 0 radical (unpaired) electrons. The van der Waals surface area contributed by atoms with E-state index in [0.717, 1.165) is 28.9 Å². The number of ether oxygens (including phenoxy) is 1. The summed E-state index contributed by atoms with van der Waals surface area (Å²) in [7, 11) is 0. The van der Waals surface area contributed by atoms with Crippen LogP contribution >= 0.6 is 0 Å². The van der Waals surface area contributed by atoms with E-state index in [1.807, 2.05) is 30.3 Å². The zero-order valence-corrected chi connectivity index (χ0v) is 11.5. The number of fused-ring (bicyclic) bond motifs is 1. The Morgan fingerprint density at radius 3 is 2.57 bits per heavy atom. The number of Topliss-reactive ketones (excluding diaryl/α,β-unsaturated/α-hetero) is 1. The number of amides is 1. The van der Waals surface area contributed by atoms with E-state index in [1.165, 1.54) is 0 Å². The highest BCUT2D eigenvalue weighted by Crippen LogP contribution is 2.26. The Kier molecular flexibility index (Phi) is 3.44. The molecule has 3 rings (SSSR count). The molecule has 0 heterocycles. The molecule has 0 atom stereocenters. The van der Waals surface area contributed by atoms with Crippen LogP contribution in [0.2, 0.25) is 0 Å². The summed E-state index contributed by atoms with van der Waals surface area (Å²) in [5.41, 5.74) is 8.50. The minimum absolute atomic E-state index is 0.207. The molecule has 1 amide bonds. The van der Waals surface area contributed by atoms with Gasteiger partial charge in [-0.1, -0.05) is 12.1 Å². The van der Waals surface area contributed by atoms with Crippen molar-refractivity contribution in [1.29, 1.82) is 0 Å². The second kappa shape index (κ2) is 5.40. The SMILES string of the molecule is NC(=O)c1ccc(COc2ccc3c(c2)CCC3=O)cc1. The first-order chi connectivity index (χ1) is 10.1. The number of aryl methyl sites for hydroxylation is 1. The first-order valence-electron chi connectivity index (χ1n) is 6.81. The monoisotopic (exact) mass is 281 g/mol. The molecule has 4 heteroatoms. The number of benzene rings is 2. The van der Waals surface area contributed by atoms with Crippen molar-refractivity contribution in [3.63, 3.8) is 0 Å². The molecule has 0 bridgehead atoms. The molecule has 106 valence electrons. The molecular formula is C17H15NO3. The van der Waals surface area contributed by atoms with Gasteiger partial charge < -0.3 is 10.5 Å². The Morgan fingerprint density at radius 2 is 1.86 bits per heavy atom. The van der Waals surface area contributed by atoms with Gasteiger partial charge in [-0.15, -0.1) is 0 Å². The second-order valence-corrected chi connectivity index (χ2v) is 5.09. The van der Waals surface area contributed by atoms with E-state index >= 15 is 0 Å². The predicted octanol–water partition coefficient (Wildman–Crippen LogP) is 2.49. The van der Waals surface area contributed by atoms with E-state index in [0.29, 0.717) is 18.6 Å². The van der Waals surface area contributed by atoms with Crippen molar-refractivity contribution in [1.82, 2.24) is 0 Å². The summed E-state index contributed by atoms with van der Waals surface area (Å²) in [6.07, 6.45) is 1.38. The summed E-state index contributed by atoms with van der Waals surface area (Å²) < 4.78 is 5.73. The summed E-state index contributed by atoms with van der Waals surface area (Å²) in [6.45, 7) is 0.409. The molecule has 0 spiro atoms. The third-order valence-electron chi connectivity index (χ3n) is 3.64. The molecule has 21 heavy (non-hydrogen) atoms. The Balaban J connectivity index is 1.68. The van der Waals surface area contributed by atoms with Gasteiger partial charge in [0.2, 0.25) is 5.91 Å². The zero-order valence-electron chi connectivity index (χ0n) is 11.5. The van der Waals surface area contributed by atoms with E-state index in [4.69, 9.17) is 10.5 Å².